The van der Waals surface area contributed by atoms with Gasteiger partial charge in [0.25, 0.3) is 0 Å². The second-order valence-corrected chi connectivity index (χ2v) is 6.15. The van der Waals surface area contributed by atoms with E-state index in [4.69, 9.17) is 15.9 Å². The SMILES string of the molecule is CCC(C)N(C(C)=O)c1ccc(OC(=O)c2ccc(NC(=N)N)cc2)cc1. The second-order valence-electron chi connectivity index (χ2n) is 6.15. The minimum atomic E-state index is -0.498. The van der Waals surface area contributed by atoms with Crippen molar-refractivity contribution in [2.75, 3.05) is 10.2 Å². The number of amides is 1. The Hall–Kier alpha value is -3.35. The van der Waals surface area contributed by atoms with E-state index in [2.05, 4.69) is 5.32 Å². The molecular formula is C20H24N4O3. The number of hydrogen-bond donors (Lipinski definition) is 3. The molecule has 0 radical (unpaired) electrons. The number of nitrogens with two attached hydrogens (primary N) is 1. The van der Waals surface area contributed by atoms with Gasteiger partial charge in [0.2, 0.25) is 5.91 Å². The van der Waals surface area contributed by atoms with Crippen molar-refractivity contribution in [3.8, 4) is 5.75 Å². The lowest BCUT2D eigenvalue weighted by Crippen LogP contribution is -2.36. The number of carbonyl (C=O) groups excluding carboxylic acids is 2. The Morgan fingerprint density at radius 1 is 1.15 bits per heavy atom. The van der Waals surface area contributed by atoms with E-state index < -0.39 is 5.97 Å². The number of anilines is 2. The van der Waals surface area contributed by atoms with Crippen LogP contribution in [0.2, 0.25) is 0 Å². The van der Waals surface area contributed by atoms with Gasteiger partial charge in [-0.2, -0.15) is 0 Å². The lowest BCUT2D eigenvalue weighted by Gasteiger charge is -2.27. The Bertz CT molecular complexity index is 816. The summed E-state index contributed by atoms with van der Waals surface area (Å²) in [5.41, 5.74) is 7.00. The van der Waals surface area contributed by atoms with E-state index in [1.165, 1.54) is 6.92 Å². The Kier molecular flexibility index (Phi) is 6.54. The number of rotatable bonds is 6. The Labute approximate surface area is 158 Å². The highest BCUT2D eigenvalue weighted by Crippen LogP contribution is 2.23. The Morgan fingerprint density at radius 2 is 1.74 bits per heavy atom. The van der Waals surface area contributed by atoms with Crippen molar-refractivity contribution in [3.05, 3.63) is 54.1 Å². The molecule has 2 aromatic rings. The van der Waals surface area contributed by atoms with Crippen LogP contribution in [0.5, 0.6) is 5.75 Å². The normalized spacial score (nSPS) is 11.4. The van der Waals surface area contributed by atoms with Gasteiger partial charge in [-0.1, -0.05) is 6.92 Å². The number of esters is 1. The molecule has 4 N–H and O–H groups in total. The number of ether oxygens (including phenoxy) is 1. The maximum atomic E-state index is 12.3. The number of carbonyl (C=O) groups is 2. The predicted octanol–water partition coefficient (Wildman–Crippen LogP) is 3.36. The van der Waals surface area contributed by atoms with Gasteiger partial charge in [-0.3, -0.25) is 10.2 Å². The molecule has 0 aliphatic carbocycles. The van der Waals surface area contributed by atoms with Gasteiger partial charge in [0.1, 0.15) is 5.75 Å². The van der Waals surface area contributed by atoms with Crippen LogP contribution in [0.3, 0.4) is 0 Å². The fraction of sp³-hybridized carbons (Fsp3) is 0.250. The van der Waals surface area contributed by atoms with Crippen LogP contribution >= 0.6 is 0 Å². The van der Waals surface area contributed by atoms with Crippen molar-refractivity contribution in [1.29, 1.82) is 5.41 Å². The topological polar surface area (TPSA) is 109 Å². The highest BCUT2D eigenvalue weighted by atomic mass is 16.5. The monoisotopic (exact) mass is 368 g/mol. The molecule has 142 valence electrons. The fourth-order valence-corrected chi connectivity index (χ4v) is 2.62. The van der Waals surface area contributed by atoms with E-state index in [1.54, 1.807) is 53.4 Å². The highest BCUT2D eigenvalue weighted by Gasteiger charge is 2.17. The lowest BCUT2D eigenvalue weighted by molar-refractivity contribution is -0.117. The average molecular weight is 368 g/mol. The van der Waals surface area contributed by atoms with E-state index >= 15 is 0 Å². The van der Waals surface area contributed by atoms with Gasteiger partial charge in [-0.15, -0.1) is 0 Å². The molecule has 0 aromatic heterocycles. The lowest BCUT2D eigenvalue weighted by atomic mass is 10.1. The van der Waals surface area contributed by atoms with Crippen molar-refractivity contribution in [2.45, 2.75) is 33.2 Å². The number of nitrogens with one attached hydrogen (secondary N) is 2. The molecule has 7 heteroatoms. The summed E-state index contributed by atoms with van der Waals surface area (Å²) < 4.78 is 5.37. The molecule has 0 heterocycles. The molecular weight excluding hydrogens is 344 g/mol. The molecule has 0 saturated carbocycles. The zero-order valence-corrected chi connectivity index (χ0v) is 15.7. The molecule has 2 rings (SSSR count). The van der Waals surface area contributed by atoms with Crippen LogP contribution in [-0.4, -0.2) is 23.9 Å². The number of hydrogen-bond acceptors (Lipinski definition) is 4. The number of guanidine groups is 1. The Balaban J connectivity index is 2.08. The van der Waals surface area contributed by atoms with Crippen LogP contribution in [0.25, 0.3) is 0 Å². The summed E-state index contributed by atoms with van der Waals surface area (Å²) in [7, 11) is 0. The number of nitrogens with zero attached hydrogens (tertiary/aromatic N) is 1. The second kappa shape index (κ2) is 8.84. The predicted molar refractivity (Wildman–Crippen MR) is 106 cm³/mol. The molecule has 7 nitrogen and oxygen atoms in total. The van der Waals surface area contributed by atoms with Crippen LogP contribution < -0.4 is 20.7 Å². The van der Waals surface area contributed by atoms with E-state index in [-0.39, 0.29) is 17.9 Å². The van der Waals surface area contributed by atoms with E-state index in [0.717, 1.165) is 12.1 Å². The van der Waals surface area contributed by atoms with Crippen molar-refractivity contribution in [3.63, 3.8) is 0 Å². The molecule has 1 amide bonds. The first-order valence-electron chi connectivity index (χ1n) is 8.65. The summed E-state index contributed by atoms with van der Waals surface area (Å²) in [4.78, 5) is 25.9. The summed E-state index contributed by atoms with van der Waals surface area (Å²) in [6, 6.07) is 13.4. The van der Waals surface area contributed by atoms with Gasteiger partial charge < -0.3 is 20.7 Å². The van der Waals surface area contributed by atoms with Crippen LogP contribution in [-0.2, 0) is 4.79 Å². The summed E-state index contributed by atoms with van der Waals surface area (Å²) in [5.74, 6) is -0.319. The Morgan fingerprint density at radius 3 is 2.22 bits per heavy atom. The summed E-state index contributed by atoms with van der Waals surface area (Å²) in [6.07, 6.45) is 0.838. The minimum absolute atomic E-state index is 0.0339. The summed E-state index contributed by atoms with van der Waals surface area (Å²) in [5, 5.41) is 9.82. The molecule has 0 aliphatic rings. The zero-order chi connectivity index (χ0) is 20.0. The zero-order valence-electron chi connectivity index (χ0n) is 15.7. The van der Waals surface area contributed by atoms with Gasteiger partial charge in [0.15, 0.2) is 5.96 Å². The third-order valence-corrected chi connectivity index (χ3v) is 4.10. The third-order valence-electron chi connectivity index (χ3n) is 4.10. The van der Waals surface area contributed by atoms with Crippen LogP contribution in [0, 0.1) is 5.41 Å². The van der Waals surface area contributed by atoms with E-state index in [9.17, 15) is 9.59 Å². The van der Waals surface area contributed by atoms with Crippen molar-refractivity contribution >= 4 is 29.2 Å². The maximum absolute atomic E-state index is 12.3. The standard InChI is InChI=1S/C20H24N4O3/c1-4-13(2)24(14(3)25)17-9-11-18(12-10-17)27-19(26)15-5-7-16(8-6-15)23-20(21)22/h5-13H,4H2,1-3H3,(H4,21,22,23). The van der Waals surface area contributed by atoms with Gasteiger partial charge >= 0.3 is 5.97 Å². The smallest absolute Gasteiger partial charge is 0.343 e. The van der Waals surface area contributed by atoms with Gasteiger partial charge in [-0.05, 0) is 61.9 Å². The third kappa shape index (κ3) is 5.31. The van der Waals surface area contributed by atoms with Gasteiger partial charge in [0.05, 0.1) is 5.56 Å². The number of benzene rings is 2. The summed E-state index contributed by atoms with van der Waals surface area (Å²) in [6.45, 7) is 5.54. The largest absolute Gasteiger partial charge is 0.423 e. The minimum Gasteiger partial charge on any atom is -0.423 e. The molecule has 0 saturated heterocycles. The molecule has 0 spiro atoms. The molecule has 1 atom stereocenters. The molecule has 2 aromatic carbocycles. The quantitative estimate of drug-likeness (QED) is 0.313. The van der Waals surface area contributed by atoms with Gasteiger partial charge in [0, 0.05) is 24.3 Å². The average Bonchev–Trinajstić information content (AvgIpc) is 2.63. The first-order chi connectivity index (χ1) is 12.8. The van der Waals surface area contributed by atoms with E-state index in [0.29, 0.717) is 17.0 Å². The molecule has 1 unspecified atom stereocenters. The summed E-state index contributed by atoms with van der Waals surface area (Å²) >= 11 is 0. The van der Waals surface area contributed by atoms with Crippen molar-refractivity contribution in [2.24, 2.45) is 5.73 Å². The molecule has 0 bridgehead atoms. The van der Waals surface area contributed by atoms with Crippen LogP contribution in [0.4, 0.5) is 11.4 Å². The maximum Gasteiger partial charge on any atom is 0.343 e. The van der Waals surface area contributed by atoms with Crippen LogP contribution in [0.1, 0.15) is 37.6 Å². The van der Waals surface area contributed by atoms with Crippen molar-refractivity contribution in [1.82, 2.24) is 0 Å². The first kappa shape index (κ1) is 20.0. The molecule has 0 aliphatic heterocycles. The molecule has 0 fully saturated rings. The first-order valence-corrected chi connectivity index (χ1v) is 8.65. The van der Waals surface area contributed by atoms with Crippen LogP contribution in [0.15, 0.2) is 48.5 Å². The van der Waals surface area contributed by atoms with Crippen molar-refractivity contribution < 1.29 is 14.3 Å². The molecule has 27 heavy (non-hydrogen) atoms. The van der Waals surface area contributed by atoms with Gasteiger partial charge in [-0.25, -0.2) is 4.79 Å². The fourth-order valence-electron chi connectivity index (χ4n) is 2.62. The highest BCUT2D eigenvalue weighted by molar-refractivity contribution is 5.94. The van der Waals surface area contributed by atoms with E-state index in [1.807, 2.05) is 13.8 Å².